The van der Waals surface area contributed by atoms with Gasteiger partial charge in [-0.3, -0.25) is 14.5 Å². The molecule has 2 N–H and O–H groups in total. The van der Waals surface area contributed by atoms with E-state index in [0.717, 1.165) is 25.9 Å². The molecule has 1 aromatic rings. The van der Waals surface area contributed by atoms with Crippen LogP contribution in [0.2, 0.25) is 0 Å². The zero-order chi connectivity index (χ0) is 14.3. The first-order valence-corrected chi connectivity index (χ1v) is 6.86. The van der Waals surface area contributed by atoms with Crippen LogP contribution < -0.4 is 5.73 Å². The van der Waals surface area contributed by atoms with E-state index in [4.69, 9.17) is 5.73 Å². The van der Waals surface area contributed by atoms with E-state index < -0.39 is 0 Å². The van der Waals surface area contributed by atoms with Gasteiger partial charge in [-0.25, -0.2) is 4.98 Å². The molecule has 2 aliphatic rings. The first-order chi connectivity index (χ1) is 9.58. The maximum Gasteiger partial charge on any atom is 0.228 e. The molecule has 1 aliphatic carbocycles. The van der Waals surface area contributed by atoms with Crippen molar-refractivity contribution >= 4 is 11.6 Å². The highest BCUT2D eigenvalue weighted by Gasteiger charge is 2.33. The number of fused-ring (bicyclic) bond motifs is 1. The standard InChI is InChI=1S/C15H17N3O2/c1-9-4-5-10-13(17-9)15(20)12(16)11(14(10)19)8-18-6-2-3-7-18/h4-5H,2-3,6-8,16H2,1H3. The van der Waals surface area contributed by atoms with Crippen molar-refractivity contribution in [1.29, 1.82) is 0 Å². The summed E-state index contributed by atoms with van der Waals surface area (Å²) in [6.45, 7) is 4.16. The number of hydrogen-bond donors (Lipinski definition) is 1. The van der Waals surface area contributed by atoms with Crippen molar-refractivity contribution in [3.8, 4) is 0 Å². The van der Waals surface area contributed by atoms with Crippen LogP contribution in [0.1, 0.15) is 39.4 Å². The molecule has 0 unspecified atom stereocenters. The number of nitrogens with two attached hydrogens (primary N) is 1. The van der Waals surface area contributed by atoms with Gasteiger partial charge in [0, 0.05) is 17.8 Å². The molecule has 3 rings (SSSR count). The zero-order valence-electron chi connectivity index (χ0n) is 11.5. The summed E-state index contributed by atoms with van der Waals surface area (Å²) < 4.78 is 0. The van der Waals surface area contributed by atoms with Gasteiger partial charge in [-0.15, -0.1) is 0 Å². The molecule has 5 heteroatoms. The van der Waals surface area contributed by atoms with Gasteiger partial charge in [0.2, 0.25) is 5.78 Å². The molecule has 2 heterocycles. The number of carbonyl (C=O) groups is 2. The molecule has 0 saturated carbocycles. The normalized spacial score (nSPS) is 19.6. The summed E-state index contributed by atoms with van der Waals surface area (Å²) in [6.07, 6.45) is 2.26. The lowest BCUT2D eigenvalue weighted by atomic mass is 9.90. The molecule has 1 aliphatic heterocycles. The fourth-order valence-corrected chi connectivity index (χ4v) is 2.78. The van der Waals surface area contributed by atoms with Crippen molar-refractivity contribution in [2.75, 3.05) is 19.6 Å². The van der Waals surface area contributed by atoms with Gasteiger partial charge in [0.05, 0.1) is 11.3 Å². The Kier molecular flexibility index (Phi) is 3.14. The van der Waals surface area contributed by atoms with E-state index in [0.29, 0.717) is 23.4 Å². The summed E-state index contributed by atoms with van der Waals surface area (Å²) in [5.41, 5.74) is 7.67. The summed E-state index contributed by atoms with van der Waals surface area (Å²) in [7, 11) is 0. The predicted octanol–water partition coefficient (Wildman–Crippen LogP) is 1.08. The van der Waals surface area contributed by atoms with Crippen LogP contribution in [-0.2, 0) is 0 Å². The van der Waals surface area contributed by atoms with Crippen LogP contribution in [0.5, 0.6) is 0 Å². The van der Waals surface area contributed by atoms with Gasteiger partial charge in [0.15, 0.2) is 5.78 Å². The second-order valence-electron chi connectivity index (χ2n) is 5.38. The first kappa shape index (κ1) is 13.0. The van der Waals surface area contributed by atoms with Crippen LogP contribution in [0.3, 0.4) is 0 Å². The highest BCUT2D eigenvalue weighted by molar-refractivity contribution is 6.25. The van der Waals surface area contributed by atoms with Crippen molar-refractivity contribution in [3.63, 3.8) is 0 Å². The molecule has 104 valence electrons. The average molecular weight is 271 g/mol. The van der Waals surface area contributed by atoms with Crippen LogP contribution in [-0.4, -0.2) is 41.1 Å². The number of allylic oxidation sites excluding steroid dienone is 1. The minimum atomic E-state index is -0.322. The molecule has 0 atom stereocenters. The summed E-state index contributed by atoms with van der Waals surface area (Å²) in [6, 6.07) is 3.42. The van der Waals surface area contributed by atoms with E-state index in [1.165, 1.54) is 0 Å². The number of pyridine rings is 1. The minimum Gasteiger partial charge on any atom is -0.395 e. The van der Waals surface area contributed by atoms with Gasteiger partial charge in [0.1, 0.15) is 5.69 Å². The van der Waals surface area contributed by atoms with Gasteiger partial charge in [-0.2, -0.15) is 0 Å². The molecular formula is C15H17N3O2. The Balaban J connectivity index is 1.99. The van der Waals surface area contributed by atoms with E-state index in [-0.39, 0.29) is 23.0 Å². The van der Waals surface area contributed by atoms with Crippen LogP contribution in [0.4, 0.5) is 0 Å². The molecule has 20 heavy (non-hydrogen) atoms. The summed E-state index contributed by atoms with van der Waals surface area (Å²) in [5, 5.41) is 0. The van der Waals surface area contributed by atoms with E-state index in [1.807, 2.05) is 0 Å². The molecule has 0 radical (unpaired) electrons. The number of nitrogens with zero attached hydrogens (tertiary/aromatic N) is 2. The fraction of sp³-hybridized carbons (Fsp3) is 0.400. The SMILES string of the molecule is Cc1ccc2c(n1)C(=O)C(N)=C(CN1CCCC1)C2=O. The smallest absolute Gasteiger partial charge is 0.228 e. The number of ketones is 2. The van der Waals surface area contributed by atoms with Crippen LogP contribution >= 0.6 is 0 Å². The molecule has 0 bridgehead atoms. The highest BCUT2D eigenvalue weighted by atomic mass is 16.1. The van der Waals surface area contributed by atoms with Gasteiger partial charge < -0.3 is 5.73 Å². The third-order valence-electron chi connectivity index (χ3n) is 3.92. The molecule has 0 aromatic carbocycles. The van der Waals surface area contributed by atoms with E-state index >= 15 is 0 Å². The van der Waals surface area contributed by atoms with Crippen LogP contribution in [0, 0.1) is 6.92 Å². The Bertz CT molecular complexity index is 628. The van der Waals surface area contributed by atoms with Gasteiger partial charge in [0.25, 0.3) is 0 Å². The number of aryl methyl sites for hydroxylation is 1. The lowest BCUT2D eigenvalue weighted by Gasteiger charge is -2.22. The van der Waals surface area contributed by atoms with Crippen molar-refractivity contribution in [1.82, 2.24) is 9.88 Å². The van der Waals surface area contributed by atoms with Crippen LogP contribution in [0.25, 0.3) is 0 Å². The molecule has 1 aromatic heterocycles. The Labute approximate surface area is 117 Å². The Morgan fingerprint density at radius 2 is 1.90 bits per heavy atom. The Morgan fingerprint density at radius 3 is 2.60 bits per heavy atom. The molecule has 0 amide bonds. The molecule has 1 fully saturated rings. The van der Waals surface area contributed by atoms with E-state index in [9.17, 15) is 9.59 Å². The van der Waals surface area contributed by atoms with E-state index in [2.05, 4.69) is 9.88 Å². The van der Waals surface area contributed by atoms with Crippen molar-refractivity contribution in [2.45, 2.75) is 19.8 Å². The monoisotopic (exact) mass is 271 g/mol. The summed E-state index contributed by atoms with van der Waals surface area (Å²) in [5.74, 6) is -0.478. The maximum atomic E-state index is 12.5. The highest BCUT2D eigenvalue weighted by Crippen LogP contribution is 2.24. The first-order valence-electron chi connectivity index (χ1n) is 6.86. The second kappa shape index (κ2) is 4.83. The Morgan fingerprint density at radius 1 is 1.20 bits per heavy atom. The van der Waals surface area contributed by atoms with Crippen LogP contribution in [0.15, 0.2) is 23.4 Å². The van der Waals surface area contributed by atoms with E-state index in [1.54, 1.807) is 19.1 Å². The third kappa shape index (κ3) is 2.04. The predicted molar refractivity (Wildman–Crippen MR) is 74.5 cm³/mol. The lowest BCUT2D eigenvalue weighted by Crippen LogP contribution is -2.34. The molecule has 5 nitrogen and oxygen atoms in total. The number of hydrogen-bond acceptors (Lipinski definition) is 5. The number of aromatic nitrogens is 1. The number of Topliss-reactive ketones (excluding diaryl/α,β-unsaturated/α-hetero) is 2. The summed E-state index contributed by atoms with van der Waals surface area (Å²) >= 11 is 0. The van der Waals surface area contributed by atoms with Gasteiger partial charge >= 0.3 is 0 Å². The topological polar surface area (TPSA) is 76.3 Å². The van der Waals surface area contributed by atoms with Crippen molar-refractivity contribution in [2.24, 2.45) is 5.73 Å². The number of rotatable bonds is 2. The molecular weight excluding hydrogens is 254 g/mol. The molecule has 0 spiro atoms. The summed E-state index contributed by atoms with van der Waals surface area (Å²) in [4.78, 5) is 31.1. The van der Waals surface area contributed by atoms with Gasteiger partial charge in [-0.1, -0.05) is 0 Å². The Hall–Kier alpha value is -2.01. The molecule has 1 saturated heterocycles. The quantitative estimate of drug-likeness (QED) is 0.871. The maximum absolute atomic E-state index is 12.5. The fourth-order valence-electron chi connectivity index (χ4n) is 2.78. The third-order valence-corrected chi connectivity index (χ3v) is 3.92. The second-order valence-corrected chi connectivity index (χ2v) is 5.38. The number of carbonyl (C=O) groups excluding carboxylic acids is 2. The van der Waals surface area contributed by atoms with Crippen molar-refractivity contribution < 1.29 is 9.59 Å². The van der Waals surface area contributed by atoms with Crippen molar-refractivity contribution in [3.05, 3.63) is 40.4 Å². The minimum absolute atomic E-state index is 0.0625. The lowest BCUT2D eigenvalue weighted by molar-refractivity contribution is 0.0962. The van der Waals surface area contributed by atoms with Gasteiger partial charge in [-0.05, 0) is 45.0 Å². The zero-order valence-corrected chi connectivity index (χ0v) is 11.5. The largest absolute Gasteiger partial charge is 0.395 e. The number of likely N-dealkylation sites (tertiary alicyclic amines) is 1. The average Bonchev–Trinajstić information content (AvgIpc) is 2.94.